The molecule has 0 saturated carbocycles. The van der Waals surface area contributed by atoms with Gasteiger partial charge in [0, 0.05) is 27.2 Å². The maximum Gasteiger partial charge on any atom is 0.422 e. The molecular formula is C19H28F3IN4O3. The summed E-state index contributed by atoms with van der Waals surface area (Å²) in [4.78, 5) is 17.7. The molecule has 1 saturated heterocycles. The molecule has 1 aliphatic heterocycles. The van der Waals surface area contributed by atoms with Crippen molar-refractivity contribution in [3.63, 3.8) is 0 Å². The number of nitrogens with zero attached hydrogens (tertiary/aromatic N) is 2. The molecule has 1 amide bonds. The number of halogens is 4. The van der Waals surface area contributed by atoms with Gasteiger partial charge in [-0.15, -0.1) is 24.0 Å². The molecule has 1 fully saturated rings. The molecule has 2 rings (SSSR count). The highest BCUT2D eigenvalue weighted by atomic mass is 127. The summed E-state index contributed by atoms with van der Waals surface area (Å²) in [6, 6.07) is 6.24. The van der Waals surface area contributed by atoms with Crippen LogP contribution >= 0.6 is 24.0 Å². The van der Waals surface area contributed by atoms with Gasteiger partial charge in [-0.25, -0.2) is 4.99 Å². The molecule has 1 aliphatic rings. The van der Waals surface area contributed by atoms with Crippen molar-refractivity contribution in [2.45, 2.75) is 31.7 Å². The molecule has 0 bridgehead atoms. The number of amides is 1. The summed E-state index contributed by atoms with van der Waals surface area (Å²) in [7, 11) is 3.34. The zero-order chi connectivity index (χ0) is 21.3. The minimum absolute atomic E-state index is 0. The predicted octanol–water partition coefficient (Wildman–Crippen LogP) is 2.55. The van der Waals surface area contributed by atoms with Gasteiger partial charge in [-0.1, -0.05) is 12.1 Å². The van der Waals surface area contributed by atoms with Gasteiger partial charge in [-0.3, -0.25) is 4.79 Å². The number of hydrogen-bond donors (Lipinski definition) is 2. The zero-order valence-corrected chi connectivity index (χ0v) is 19.3. The van der Waals surface area contributed by atoms with E-state index in [-0.39, 0.29) is 54.8 Å². The van der Waals surface area contributed by atoms with E-state index < -0.39 is 12.8 Å². The van der Waals surface area contributed by atoms with Crippen molar-refractivity contribution in [3.8, 4) is 5.75 Å². The van der Waals surface area contributed by atoms with E-state index in [1.165, 1.54) is 17.0 Å². The first-order valence-electron chi connectivity index (χ1n) is 9.35. The van der Waals surface area contributed by atoms with Gasteiger partial charge in [0.1, 0.15) is 5.75 Å². The van der Waals surface area contributed by atoms with Crippen molar-refractivity contribution in [1.29, 1.82) is 0 Å². The summed E-state index contributed by atoms with van der Waals surface area (Å²) in [5.41, 5.74) is 0.793. The van der Waals surface area contributed by atoms with E-state index in [0.717, 1.165) is 25.0 Å². The van der Waals surface area contributed by atoms with Crippen LogP contribution in [0.5, 0.6) is 5.75 Å². The molecule has 0 aliphatic carbocycles. The normalized spacial score (nSPS) is 16.6. The minimum Gasteiger partial charge on any atom is -0.484 e. The number of carbonyl (C=O) groups excluding carboxylic acids is 1. The molecule has 1 heterocycles. The van der Waals surface area contributed by atoms with Crippen molar-refractivity contribution in [3.05, 3.63) is 29.8 Å². The zero-order valence-electron chi connectivity index (χ0n) is 17.0. The molecule has 1 aromatic carbocycles. The Hall–Kier alpha value is -1.76. The van der Waals surface area contributed by atoms with Gasteiger partial charge in [0.15, 0.2) is 12.6 Å². The standard InChI is InChI=1S/C19H27F3N4O3.HI/c1-26(2)17(27)12-25-18(24-11-16-4-3-9-28-16)23-10-14-5-7-15(8-6-14)29-13-19(20,21)22;/h5-8,16H,3-4,9-13H2,1-2H3,(H2,23,24,25);1H. The van der Waals surface area contributed by atoms with Gasteiger partial charge in [-0.2, -0.15) is 13.2 Å². The highest BCUT2D eigenvalue weighted by Gasteiger charge is 2.28. The van der Waals surface area contributed by atoms with Gasteiger partial charge in [0.05, 0.1) is 19.2 Å². The van der Waals surface area contributed by atoms with E-state index in [4.69, 9.17) is 9.47 Å². The number of aliphatic imine (C=N–C) groups is 1. The maximum atomic E-state index is 12.2. The third-order valence-electron chi connectivity index (χ3n) is 4.17. The van der Waals surface area contributed by atoms with Gasteiger partial charge in [-0.05, 0) is 30.5 Å². The van der Waals surface area contributed by atoms with Crippen LogP contribution in [0, 0.1) is 0 Å². The molecule has 0 radical (unpaired) electrons. The Bertz CT molecular complexity index is 679. The Labute approximate surface area is 191 Å². The van der Waals surface area contributed by atoms with E-state index in [2.05, 4.69) is 15.6 Å². The lowest BCUT2D eigenvalue weighted by Gasteiger charge is -2.17. The number of rotatable bonds is 8. The van der Waals surface area contributed by atoms with Gasteiger partial charge >= 0.3 is 6.18 Å². The summed E-state index contributed by atoms with van der Waals surface area (Å²) in [6.07, 6.45) is -2.27. The van der Waals surface area contributed by atoms with E-state index in [1.807, 2.05) is 0 Å². The molecule has 30 heavy (non-hydrogen) atoms. The third-order valence-corrected chi connectivity index (χ3v) is 4.17. The fraction of sp³-hybridized carbons (Fsp3) is 0.579. The Morgan fingerprint density at radius 2 is 1.97 bits per heavy atom. The fourth-order valence-corrected chi connectivity index (χ4v) is 2.53. The van der Waals surface area contributed by atoms with Gasteiger partial charge in [0.2, 0.25) is 5.91 Å². The topological polar surface area (TPSA) is 75.2 Å². The molecule has 2 N–H and O–H groups in total. The molecule has 1 atom stereocenters. The lowest BCUT2D eigenvalue weighted by atomic mass is 10.2. The molecule has 1 unspecified atom stereocenters. The van der Waals surface area contributed by atoms with Crippen molar-refractivity contribution in [2.24, 2.45) is 4.99 Å². The number of benzene rings is 1. The number of likely N-dealkylation sites (N-methyl/N-ethyl adjacent to an activating group) is 1. The van der Waals surface area contributed by atoms with Crippen molar-refractivity contribution in [2.75, 3.05) is 40.4 Å². The first-order valence-corrected chi connectivity index (χ1v) is 9.35. The summed E-state index contributed by atoms with van der Waals surface area (Å²) in [5.74, 6) is 0.511. The molecule has 0 aromatic heterocycles. The molecule has 1 aromatic rings. The lowest BCUT2D eigenvalue weighted by molar-refractivity contribution is -0.153. The van der Waals surface area contributed by atoms with E-state index in [0.29, 0.717) is 12.5 Å². The van der Waals surface area contributed by atoms with Crippen LogP contribution in [-0.2, 0) is 16.1 Å². The summed E-state index contributed by atoms with van der Waals surface area (Å²) in [5, 5.41) is 6.15. The summed E-state index contributed by atoms with van der Waals surface area (Å²) >= 11 is 0. The second-order valence-electron chi connectivity index (χ2n) is 6.87. The first-order chi connectivity index (χ1) is 13.7. The number of nitrogens with one attached hydrogen (secondary N) is 2. The molecule has 0 spiro atoms. The van der Waals surface area contributed by atoms with E-state index in [9.17, 15) is 18.0 Å². The molecule has 7 nitrogen and oxygen atoms in total. The Balaban J connectivity index is 0.00000450. The first kappa shape index (κ1) is 26.3. The maximum absolute atomic E-state index is 12.2. The Kier molecular flexibility index (Phi) is 11.2. The SMILES string of the molecule is CN(C)C(=O)CNC(=NCc1ccc(OCC(F)(F)F)cc1)NCC1CCCO1.I. The van der Waals surface area contributed by atoms with Crippen LogP contribution in [0.3, 0.4) is 0 Å². The van der Waals surface area contributed by atoms with Crippen molar-refractivity contribution < 1.29 is 27.4 Å². The highest BCUT2D eigenvalue weighted by molar-refractivity contribution is 14.0. The number of alkyl halides is 3. The average Bonchev–Trinajstić information content (AvgIpc) is 3.19. The monoisotopic (exact) mass is 544 g/mol. The van der Waals surface area contributed by atoms with Gasteiger partial charge in [0.25, 0.3) is 0 Å². The van der Waals surface area contributed by atoms with Crippen LogP contribution in [0.2, 0.25) is 0 Å². The van der Waals surface area contributed by atoms with E-state index >= 15 is 0 Å². The second-order valence-corrected chi connectivity index (χ2v) is 6.87. The molecular weight excluding hydrogens is 516 g/mol. The number of guanidine groups is 1. The van der Waals surface area contributed by atoms with E-state index in [1.54, 1.807) is 26.2 Å². The van der Waals surface area contributed by atoms with Crippen LogP contribution in [-0.4, -0.2) is 69.4 Å². The van der Waals surface area contributed by atoms with Crippen LogP contribution < -0.4 is 15.4 Å². The predicted molar refractivity (Wildman–Crippen MR) is 118 cm³/mol. The van der Waals surface area contributed by atoms with Crippen LogP contribution in [0.1, 0.15) is 18.4 Å². The Morgan fingerprint density at radius 1 is 1.27 bits per heavy atom. The number of hydrogen-bond acceptors (Lipinski definition) is 4. The molecule has 11 heteroatoms. The smallest absolute Gasteiger partial charge is 0.422 e. The van der Waals surface area contributed by atoms with Crippen molar-refractivity contribution in [1.82, 2.24) is 15.5 Å². The average molecular weight is 544 g/mol. The van der Waals surface area contributed by atoms with Crippen LogP contribution in [0.15, 0.2) is 29.3 Å². The largest absolute Gasteiger partial charge is 0.484 e. The fourth-order valence-electron chi connectivity index (χ4n) is 2.53. The molecule has 170 valence electrons. The summed E-state index contributed by atoms with van der Waals surface area (Å²) < 4.78 is 46.9. The van der Waals surface area contributed by atoms with Gasteiger partial charge < -0.3 is 25.0 Å². The third kappa shape index (κ3) is 10.3. The van der Waals surface area contributed by atoms with Crippen molar-refractivity contribution >= 4 is 35.8 Å². The second kappa shape index (κ2) is 12.8. The number of carbonyl (C=O) groups is 1. The highest BCUT2D eigenvalue weighted by Crippen LogP contribution is 2.19. The summed E-state index contributed by atoms with van der Waals surface area (Å²) in [6.45, 7) is 0.372. The number of ether oxygens (including phenoxy) is 2. The quantitative estimate of drug-likeness (QED) is 0.299. The van der Waals surface area contributed by atoms with Crippen LogP contribution in [0.4, 0.5) is 13.2 Å². The van der Waals surface area contributed by atoms with Crippen LogP contribution in [0.25, 0.3) is 0 Å². The minimum atomic E-state index is -4.37. The Morgan fingerprint density at radius 3 is 2.53 bits per heavy atom. The lowest BCUT2D eigenvalue weighted by Crippen LogP contribution is -2.45.